The molecule has 3 unspecified atom stereocenters. The summed E-state index contributed by atoms with van der Waals surface area (Å²) in [5, 5.41) is 23.6. The van der Waals surface area contributed by atoms with Crippen molar-refractivity contribution in [2.75, 3.05) is 0 Å². The molecule has 0 aromatic carbocycles. The van der Waals surface area contributed by atoms with E-state index in [-0.39, 0.29) is 16.6 Å². The molecule has 0 saturated carbocycles. The van der Waals surface area contributed by atoms with Crippen molar-refractivity contribution in [3.05, 3.63) is 35.8 Å². The monoisotopic (exact) mass is 210 g/mol. The van der Waals surface area contributed by atoms with Crippen LogP contribution in [-0.2, 0) is 0 Å². The Kier molecular flexibility index (Phi) is 2.72. The van der Waals surface area contributed by atoms with Crippen molar-refractivity contribution < 1.29 is 10.2 Å². The van der Waals surface area contributed by atoms with Crippen LogP contribution in [0.1, 0.15) is 12.8 Å². The molecule has 3 atom stereocenters. The van der Waals surface area contributed by atoms with E-state index < -0.39 is 4.93 Å². The van der Waals surface area contributed by atoms with Gasteiger partial charge in [-0.2, -0.15) is 0 Å². The molecule has 14 heavy (non-hydrogen) atoms. The second kappa shape index (κ2) is 3.85. The minimum atomic E-state index is -0.777. The average molecular weight is 210 g/mol. The lowest BCUT2D eigenvalue weighted by molar-refractivity contribution is 0.125. The minimum absolute atomic E-state index is 0.246. The van der Waals surface area contributed by atoms with Crippen molar-refractivity contribution in [3.63, 3.8) is 0 Å². The van der Waals surface area contributed by atoms with Crippen molar-refractivity contribution in [1.29, 1.82) is 0 Å². The summed E-state index contributed by atoms with van der Waals surface area (Å²) >= 11 is 0. The Morgan fingerprint density at radius 1 is 1.29 bits per heavy atom. The van der Waals surface area contributed by atoms with Crippen LogP contribution in [0.2, 0.25) is 0 Å². The lowest BCUT2D eigenvalue weighted by atomic mass is 10.0. The first-order valence-corrected chi connectivity index (χ1v) is 6.06. The summed E-state index contributed by atoms with van der Waals surface area (Å²) < 4.78 is 0. The van der Waals surface area contributed by atoms with Gasteiger partial charge in [0.15, 0.2) is 0 Å². The predicted octanol–water partition coefficient (Wildman–Crippen LogP) is 1.54. The number of hydrogen-bond acceptors (Lipinski definition) is 2. The molecule has 2 N–H and O–H groups in total. The van der Waals surface area contributed by atoms with Crippen molar-refractivity contribution in [3.8, 4) is 0 Å². The van der Waals surface area contributed by atoms with E-state index >= 15 is 0 Å². The maximum Gasteiger partial charge on any atom is 0.128 e. The van der Waals surface area contributed by atoms with Crippen LogP contribution in [0.15, 0.2) is 35.8 Å². The van der Waals surface area contributed by atoms with E-state index in [4.69, 9.17) is 0 Å². The van der Waals surface area contributed by atoms with Gasteiger partial charge < -0.3 is 10.2 Å². The summed E-state index contributed by atoms with van der Waals surface area (Å²) in [6, 6.07) is 0. The van der Waals surface area contributed by atoms with Gasteiger partial charge in [-0.1, -0.05) is 24.3 Å². The zero-order chi connectivity index (χ0) is 10.0. The normalized spacial score (nSPS) is 41.0. The molecule has 3 heteroatoms. The minimum Gasteiger partial charge on any atom is -0.389 e. The van der Waals surface area contributed by atoms with Crippen LogP contribution in [0.5, 0.6) is 0 Å². The Bertz CT molecular complexity index is 341. The van der Waals surface area contributed by atoms with Gasteiger partial charge >= 0.3 is 0 Å². The Morgan fingerprint density at radius 3 is 2.71 bits per heavy atom. The number of hydrogen-bond donors (Lipinski definition) is 2. The molecule has 0 aromatic rings. The van der Waals surface area contributed by atoms with Crippen LogP contribution in [0.25, 0.3) is 0 Å². The molecule has 2 rings (SSSR count). The van der Waals surface area contributed by atoms with E-state index in [2.05, 4.69) is 0 Å². The molecule has 1 heterocycles. The smallest absolute Gasteiger partial charge is 0.128 e. The molecule has 1 aliphatic carbocycles. The lowest BCUT2D eigenvalue weighted by Crippen LogP contribution is -2.29. The van der Waals surface area contributed by atoms with Crippen LogP contribution in [0.3, 0.4) is 0 Å². The van der Waals surface area contributed by atoms with Gasteiger partial charge in [0.2, 0.25) is 0 Å². The van der Waals surface area contributed by atoms with Crippen molar-refractivity contribution in [1.82, 2.24) is 0 Å². The number of aliphatic hydroxyl groups excluding tert-OH is 1. The number of allylic oxidation sites excluding steroid dienone is 3. The van der Waals surface area contributed by atoms with Crippen LogP contribution in [-0.4, -0.2) is 26.6 Å². The van der Waals surface area contributed by atoms with Gasteiger partial charge in [-0.25, -0.2) is 0 Å². The second-order valence-electron chi connectivity index (χ2n) is 3.53. The fourth-order valence-electron chi connectivity index (χ4n) is 1.60. The summed E-state index contributed by atoms with van der Waals surface area (Å²) in [7, 11) is -0.246. The molecular weight excluding hydrogens is 196 g/mol. The quantitative estimate of drug-likeness (QED) is 0.509. The molecule has 2 nitrogen and oxygen atoms in total. The zero-order valence-corrected chi connectivity index (χ0v) is 8.65. The van der Waals surface area contributed by atoms with Crippen molar-refractivity contribution >= 4 is 15.9 Å². The SMILES string of the molecule is OC1C=CC(O)(S2=CC=CC=C2)CC1. The summed E-state index contributed by atoms with van der Waals surface area (Å²) in [5.74, 6) is 0. The van der Waals surface area contributed by atoms with Crippen molar-refractivity contribution in [2.45, 2.75) is 23.9 Å². The van der Waals surface area contributed by atoms with E-state index in [1.165, 1.54) is 0 Å². The fourth-order valence-corrected chi connectivity index (χ4v) is 3.27. The summed E-state index contributed by atoms with van der Waals surface area (Å²) in [5.41, 5.74) is 0. The summed E-state index contributed by atoms with van der Waals surface area (Å²) in [4.78, 5) is -0.777. The van der Waals surface area contributed by atoms with Gasteiger partial charge in [0, 0.05) is 0 Å². The Labute approximate surface area is 86.2 Å². The molecule has 0 spiro atoms. The van der Waals surface area contributed by atoms with Gasteiger partial charge in [0.25, 0.3) is 0 Å². The third-order valence-electron chi connectivity index (χ3n) is 2.46. The fraction of sp³-hybridized carbons (Fsp3) is 0.364. The van der Waals surface area contributed by atoms with Gasteiger partial charge in [0.1, 0.15) is 4.93 Å². The summed E-state index contributed by atoms with van der Waals surface area (Å²) in [6.07, 6.45) is 10.2. The van der Waals surface area contributed by atoms with E-state index in [1.54, 1.807) is 12.2 Å². The first-order chi connectivity index (χ1) is 6.71. The molecule has 0 fully saturated rings. The van der Waals surface area contributed by atoms with Gasteiger partial charge in [-0.15, -0.1) is 10.5 Å². The maximum absolute atomic E-state index is 10.3. The topological polar surface area (TPSA) is 40.5 Å². The Hall–Kier alpha value is -0.640. The third kappa shape index (κ3) is 1.90. The predicted molar refractivity (Wildman–Crippen MR) is 61.3 cm³/mol. The number of aliphatic hydroxyl groups is 2. The lowest BCUT2D eigenvalue weighted by Gasteiger charge is -2.31. The van der Waals surface area contributed by atoms with Crippen LogP contribution in [0, 0.1) is 0 Å². The van der Waals surface area contributed by atoms with Gasteiger partial charge in [0.05, 0.1) is 6.10 Å². The Morgan fingerprint density at radius 2 is 2.14 bits per heavy atom. The molecule has 2 aliphatic rings. The zero-order valence-electron chi connectivity index (χ0n) is 7.84. The van der Waals surface area contributed by atoms with Crippen LogP contribution >= 0.6 is 10.5 Å². The molecule has 1 aliphatic heterocycles. The van der Waals surface area contributed by atoms with E-state index in [0.717, 1.165) is 0 Å². The molecule has 0 saturated heterocycles. The number of rotatable bonds is 1. The molecule has 0 bridgehead atoms. The highest BCUT2D eigenvalue weighted by molar-refractivity contribution is 8.18. The maximum atomic E-state index is 10.3. The highest BCUT2D eigenvalue weighted by Crippen LogP contribution is 2.40. The highest BCUT2D eigenvalue weighted by atomic mass is 32.2. The van der Waals surface area contributed by atoms with Crippen molar-refractivity contribution in [2.24, 2.45) is 0 Å². The largest absolute Gasteiger partial charge is 0.389 e. The van der Waals surface area contributed by atoms with Crippen LogP contribution in [0.4, 0.5) is 0 Å². The standard InChI is InChI=1S/C11H14O2S/c12-10-4-6-11(13,7-5-10)14-8-2-1-3-9-14/h1-4,6,8-10,12-13H,5,7H2. The van der Waals surface area contributed by atoms with Gasteiger partial charge in [-0.05, 0) is 29.7 Å². The molecule has 0 radical (unpaired) electrons. The van der Waals surface area contributed by atoms with E-state index in [9.17, 15) is 10.2 Å². The molecule has 76 valence electrons. The second-order valence-corrected chi connectivity index (χ2v) is 5.53. The van der Waals surface area contributed by atoms with Crippen LogP contribution < -0.4 is 0 Å². The highest BCUT2D eigenvalue weighted by Gasteiger charge is 2.30. The molecule has 0 aromatic heterocycles. The first-order valence-electron chi connectivity index (χ1n) is 4.71. The Balaban J connectivity index is 2.25. The average Bonchev–Trinajstić information content (AvgIpc) is 2.24. The summed E-state index contributed by atoms with van der Waals surface area (Å²) in [6.45, 7) is 0. The third-order valence-corrected chi connectivity index (χ3v) is 4.52. The van der Waals surface area contributed by atoms with E-state index in [1.807, 2.05) is 29.0 Å². The van der Waals surface area contributed by atoms with E-state index in [0.29, 0.717) is 12.8 Å². The van der Waals surface area contributed by atoms with Gasteiger partial charge in [-0.3, -0.25) is 0 Å². The first kappa shape index (κ1) is 9.90. The molecular formula is C11H14O2S. The molecule has 0 amide bonds.